The van der Waals surface area contributed by atoms with Gasteiger partial charge in [0.25, 0.3) is 0 Å². The number of carbonyl (C=O) groups is 1. The van der Waals surface area contributed by atoms with Crippen molar-refractivity contribution in [1.29, 1.82) is 0 Å². The van der Waals surface area contributed by atoms with Crippen molar-refractivity contribution in [2.24, 2.45) is 0 Å². The van der Waals surface area contributed by atoms with E-state index in [4.69, 9.17) is 4.74 Å². The first-order valence-corrected chi connectivity index (χ1v) is 9.05. The number of hydrogen-bond donors (Lipinski definition) is 0. The van der Waals surface area contributed by atoms with Crippen molar-refractivity contribution in [2.45, 2.75) is 26.2 Å². The molecule has 2 rings (SSSR count). The fourth-order valence-corrected chi connectivity index (χ4v) is 4.04. The van der Waals surface area contributed by atoms with Crippen LogP contribution in [0.25, 0.3) is 0 Å². The molecule has 0 aromatic carbocycles. The van der Waals surface area contributed by atoms with Gasteiger partial charge in [-0.3, -0.25) is 9.00 Å². The van der Waals surface area contributed by atoms with Crippen LogP contribution in [-0.2, 0) is 25.7 Å². The van der Waals surface area contributed by atoms with Crippen molar-refractivity contribution >= 4 is 33.2 Å². The van der Waals surface area contributed by atoms with Crippen LogP contribution in [0.1, 0.15) is 26.5 Å². The standard InChI is InChI=1S/C13H20N2O3S2/c1-4-18-11(16)13(2,3)10-9-19-12(14-10)15-5-7-20(17)8-6-15/h9H,4-8H2,1-3H3. The molecule has 1 aromatic heterocycles. The number of anilines is 1. The first-order valence-electron chi connectivity index (χ1n) is 6.68. The number of nitrogens with zero attached hydrogens (tertiary/aromatic N) is 2. The SMILES string of the molecule is CCOC(=O)C(C)(C)c1csc(N2CCS(=O)CC2)n1. The van der Waals surface area contributed by atoms with Crippen LogP contribution in [0.3, 0.4) is 0 Å². The van der Waals surface area contributed by atoms with Crippen molar-refractivity contribution in [3.63, 3.8) is 0 Å². The van der Waals surface area contributed by atoms with Crippen molar-refractivity contribution in [3.05, 3.63) is 11.1 Å². The second-order valence-electron chi connectivity index (χ2n) is 5.20. The Labute approximate surface area is 125 Å². The Hall–Kier alpha value is -0.950. The normalized spacial score (nSPS) is 17.2. The number of carbonyl (C=O) groups excluding carboxylic acids is 1. The molecule has 20 heavy (non-hydrogen) atoms. The van der Waals surface area contributed by atoms with Gasteiger partial charge in [-0.2, -0.15) is 0 Å². The van der Waals surface area contributed by atoms with Gasteiger partial charge in [0.1, 0.15) is 5.41 Å². The molecule has 0 unspecified atom stereocenters. The zero-order valence-corrected chi connectivity index (χ0v) is 13.7. The average molecular weight is 316 g/mol. The lowest BCUT2D eigenvalue weighted by molar-refractivity contribution is -0.148. The fraction of sp³-hybridized carbons (Fsp3) is 0.692. The van der Waals surface area contributed by atoms with Crippen molar-refractivity contribution in [1.82, 2.24) is 4.98 Å². The predicted molar refractivity (Wildman–Crippen MR) is 81.9 cm³/mol. The molecule has 0 N–H and O–H groups in total. The van der Waals surface area contributed by atoms with E-state index in [0.717, 1.165) is 23.9 Å². The summed E-state index contributed by atoms with van der Waals surface area (Å²) in [5.74, 6) is 1.13. The second kappa shape index (κ2) is 6.22. The van der Waals surface area contributed by atoms with Gasteiger partial charge in [0.05, 0.1) is 12.3 Å². The maximum Gasteiger partial charge on any atom is 0.317 e. The average Bonchev–Trinajstić information content (AvgIpc) is 2.90. The van der Waals surface area contributed by atoms with Crippen LogP contribution >= 0.6 is 11.3 Å². The molecular formula is C13H20N2O3S2. The summed E-state index contributed by atoms with van der Waals surface area (Å²) in [6.07, 6.45) is 0. The Kier molecular flexibility index (Phi) is 4.80. The molecule has 5 nitrogen and oxygen atoms in total. The molecule has 0 radical (unpaired) electrons. The van der Waals surface area contributed by atoms with Crippen LogP contribution < -0.4 is 4.90 Å². The molecular weight excluding hydrogens is 296 g/mol. The smallest absolute Gasteiger partial charge is 0.317 e. The third kappa shape index (κ3) is 3.20. The van der Waals surface area contributed by atoms with E-state index in [1.807, 2.05) is 19.2 Å². The number of aromatic nitrogens is 1. The summed E-state index contributed by atoms with van der Waals surface area (Å²) < 4.78 is 16.5. The summed E-state index contributed by atoms with van der Waals surface area (Å²) in [5, 5.41) is 2.81. The van der Waals surface area contributed by atoms with E-state index in [1.165, 1.54) is 11.3 Å². The molecule has 7 heteroatoms. The summed E-state index contributed by atoms with van der Waals surface area (Å²) in [6.45, 7) is 7.36. The zero-order valence-electron chi connectivity index (χ0n) is 12.0. The van der Waals surface area contributed by atoms with E-state index in [-0.39, 0.29) is 5.97 Å². The Morgan fingerprint density at radius 3 is 2.75 bits per heavy atom. The summed E-state index contributed by atoms with van der Waals surface area (Å²) in [6, 6.07) is 0. The van der Waals surface area contributed by atoms with E-state index >= 15 is 0 Å². The number of thiazole rings is 1. The second-order valence-corrected chi connectivity index (χ2v) is 7.73. The van der Waals surface area contributed by atoms with Gasteiger partial charge in [0.2, 0.25) is 0 Å². The topological polar surface area (TPSA) is 59.5 Å². The molecule has 1 aromatic rings. The quantitative estimate of drug-likeness (QED) is 0.789. The predicted octanol–water partition coefficient (Wildman–Crippen LogP) is 1.55. The number of rotatable bonds is 4. The number of esters is 1. The van der Waals surface area contributed by atoms with E-state index in [2.05, 4.69) is 9.88 Å². The first-order chi connectivity index (χ1) is 9.45. The molecule has 0 aliphatic carbocycles. The van der Waals surface area contributed by atoms with Crippen LogP contribution in [0.4, 0.5) is 5.13 Å². The van der Waals surface area contributed by atoms with Crippen molar-refractivity contribution < 1.29 is 13.7 Å². The minimum absolute atomic E-state index is 0.253. The van der Waals surface area contributed by atoms with Crippen LogP contribution in [0.5, 0.6) is 0 Å². The molecule has 1 fully saturated rings. The van der Waals surface area contributed by atoms with Gasteiger partial charge in [-0.15, -0.1) is 11.3 Å². The van der Waals surface area contributed by atoms with E-state index < -0.39 is 16.2 Å². The molecule has 0 saturated carbocycles. The highest BCUT2D eigenvalue weighted by atomic mass is 32.2. The van der Waals surface area contributed by atoms with E-state index in [1.54, 1.807) is 6.92 Å². The molecule has 0 bridgehead atoms. The molecule has 2 heterocycles. The minimum atomic E-state index is -0.733. The molecule has 1 aliphatic rings. The largest absolute Gasteiger partial charge is 0.465 e. The molecule has 1 aliphatic heterocycles. The van der Waals surface area contributed by atoms with Crippen LogP contribution in [0.15, 0.2) is 5.38 Å². The lowest BCUT2D eigenvalue weighted by Crippen LogP contribution is -2.38. The summed E-state index contributed by atoms with van der Waals surface area (Å²) >= 11 is 1.53. The lowest BCUT2D eigenvalue weighted by atomic mass is 9.90. The van der Waals surface area contributed by atoms with E-state index in [9.17, 15) is 9.00 Å². The molecule has 0 spiro atoms. The Bertz CT molecular complexity index is 503. The maximum absolute atomic E-state index is 12.0. The van der Waals surface area contributed by atoms with Gasteiger partial charge in [0.15, 0.2) is 5.13 Å². The molecule has 1 saturated heterocycles. The first kappa shape index (κ1) is 15.4. The van der Waals surface area contributed by atoms with E-state index in [0.29, 0.717) is 18.1 Å². The van der Waals surface area contributed by atoms with Crippen LogP contribution in [0, 0.1) is 0 Å². The van der Waals surface area contributed by atoms with Crippen molar-refractivity contribution in [3.8, 4) is 0 Å². The maximum atomic E-state index is 12.0. The third-order valence-electron chi connectivity index (χ3n) is 3.37. The fourth-order valence-electron chi connectivity index (χ4n) is 1.94. The zero-order chi connectivity index (χ0) is 14.8. The lowest BCUT2D eigenvalue weighted by Gasteiger charge is -2.26. The third-order valence-corrected chi connectivity index (χ3v) is 5.54. The van der Waals surface area contributed by atoms with Crippen LogP contribution in [-0.4, -0.2) is 46.4 Å². The monoisotopic (exact) mass is 316 g/mol. The molecule has 0 amide bonds. The summed E-state index contributed by atoms with van der Waals surface area (Å²) in [4.78, 5) is 18.7. The van der Waals surface area contributed by atoms with Crippen molar-refractivity contribution in [2.75, 3.05) is 36.1 Å². The molecule has 112 valence electrons. The highest BCUT2D eigenvalue weighted by Gasteiger charge is 2.34. The van der Waals surface area contributed by atoms with Gasteiger partial charge in [0, 0.05) is 40.8 Å². The highest BCUT2D eigenvalue weighted by molar-refractivity contribution is 7.85. The summed E-state index contributed by atoms with van der Waals surface area (Å²) in [7, 11) is -0.694. The molecule has 0 atom stereocenters. The highest BCUT2D eigenvalue weighted by Crippen LogP contribution is 2.30. The Balaban J connectivity index is 2.12. The van der Waals surface area contributed by atoms with Gasteiger partial charge >= 0.3 is 5.97 Å². The summed E-state index contributed by atoms with van der Waals surface area (Å²) in [5.41, 5.74) is 0.00579. The Morgan fingerprint density at radius 1 is 1.50 bits per heavy atom. The number of hydrogen-bond acceptors (Lipinski definition) is 6. The van der Waals surface area contributed by atoms with Gasteiger partial charge < -0.3 is 9.64 Å². The van der Waals surface area contributed by atoms with Crippen LogP contribution in [0.2, 0.25) is 0 Å². The van der Waals surface area contributed by atoms with Gasteiger partial charge in [-0.05, 0) is 20.8 Å². The van der Waals surface area contributed by atoms with Gasteiger partial charge in [-0.25, -0.2) is 4.98 Å². The minimum Gasteiger partial charge on any atom is -0.465 e. The Morgan fingerprint density at radius 2 is 2.15 bits per heavy atom. The number of ether oxygens (including phenoxy) is 1. The van der Waals surface area contributed by atoms with Gasteiger partial charge in [-0.1, -0.05) is 0 Å².